The van der Waals surface area contributed by atoms with Gasteiger partial charge in [-0.3, -0.25) is 9.78 Å². The van der Waals surface area contributed by atoms with Crippen molar-refractivity contribution in [2.75, 3.05) is 5.32 Å². The van der Waals surface area contributed by atoms with E-state index in [2.05, 4.69) is 15.3 Å². The molecule has 0 bridgehead atoms. The molecule has 0 saturated heterocycles. The highest BCUT2D eigenvalue weighted by atomic mass is 19.2. The second-order valence-electron chi connectivity index (χ2n) is 4.42. The van der Waals surface area contributed by atoms with Crippen molar-refractivity contribution in [1.29, 1.82) is 0 Å². The molecule has 1 heterocycles. The van der Waals surface area contributed by atoms with E-state index >= 15 is 0 Å². The minimum atomic E-state index is -1.65. The fourth-order valence-corrected chi connectivity index (χ4v) is 1.88. The third-order valence-corrected chi connectivity index (χ3v) is 2.96. The lowest BCUT2D eigenvalue weighted by Gasteiger charge is -2.07. The van der Waals surface area contributed by atoms with Crippen molar-refractivity contribution in [2.24, 2.45) is 0 Å². The summed E-state index contributed by atoms with van der Waals surface area (Å²) >= 11 is 0. The van der Waals surface area contributed by atoms with Crippen LogP contribution >= 0.6 is 0 Å². The summed E-state index contributed by atoms with van der Waals surface area (Å²) in [4.78, 5) is 20.1. The van der Waals surface area contributed by atoms with Crippen LogP contribution in [0.25, 0.3) is 11.0 Å². The van der Waals surface area contributed by atoms with Crippen molar-refractivity contribution in [2.45, 2.75) is 0 Å². The number of nitrogens with one attached hydrogen (secondary N) is 1. The number of halogens is 3. The highest BCUT2D eigenvalue weighted by Crippen LogP contribution is 2.20. The smallest absolute Gasteiger partial charge is 0.275 e. The monoisotopic (exact) mass is 303 g/mol. The van der Waals surface area contributed by atoms with Crippen molar-refractivity contribution in [1.82, 2.24) is 9.97 Å². The van der Waals surface area contributed by atoms with Gasteiger partial charge in [-0.1, -0.05) is 12.1 Å². The van der Waals surface area contributed by atoms with Gasteiger partial charge in [0.15, 0.2) is 17.5 Å². The maximum absolute atomic E-state index is 13.5. The molecular weight excluding hydrogens is 295 g/mol. The summed E-state index contributed by atoms with van der Waals surface area (Å²) in [6, 6.07) is 8.54. The molecule has 3 aromatic rings. The number of carbonyl (C=O) groups is 1. The normalized spacial score (nSPS) is 10.7. The van der Waals surface area contributed by atoms with Gasteiger partial charge >= 0.3 is 0 Å². The molecule has 2 aromatic carbocycles. The van der Waals surface area contributed by atoms with Crippen molar-refractivity contribution < 1.29 is 18.0 Å². The Labute approximate surface area is 122 Å². The zero-order valence-electron chi connectivity index (χ0n) is 11.0. The number of fused-ring (bicyclic) bond motifs is 1. The average Bonchev–Trinajstić information content (AvgIpc) is 2.55. The summed E-state index contributed by atoms with van der Waals surface area (Å²) in [5.74, 6) is -5.23. The number of carbonyl (C=O) groups excluding carboxylic acids is 1. The van der Waals surface area contributed by atoms with Gasteiger partial charge in [0.05, 0.1) is 22.9 Å². The number of nitrogens with zero attached hydrogens (tertiary/aromatic N) is 2. The van der Waals surface area contributed by atoms with Gasteiger partial charge in [0.1, 0.15) is 5.69 Å². The molecule has 0 unspecified atom stereocenters. The molecule has 110 valence electrons. The van der Waals surface area contributed by atoms with Gasteiger partial charge in [-0.15, -0.1) is 0 Å². The molecule has 4 nitrogen and oxygen atoms in total. The van der Waals surface area contributed by atoms with E-state index in [1.165, 1.54) is 6.20 Å². The number of hydrogen-bond acceptors (Lipinski definition) is 3. The summed E-state index contributed by atoms with van der Waals surface area (Å²) in [5, 5.41) is 2.14. The SMILES string of the molecule is O=C(Nc1ccc(F)c(F)c1F)c1cnc2ccccc2n1. The molecule has 0 aliphatic rings. The largest absolute Gasteiger partial charge is 0.318 e. The highest BCUT2D eigenvalue weighted by Gasteiger charge is 2.17. The fourth-order valence-electron chi connectivity index (χ4n) is 1.88. The Morgan fingerprint density at radius 2 is 1.68 bits per heavy atom. The molecule has 1 N–H and O–H groups in total. The average molecular weight is 303 g/mol. The van der Waals surface area contributed by atoms with E-state index in [0.29, 0.717) is 11.0 Å². The number of anilines is 1. The first-order chi connectivity index (χ1) is 10.6. The van der Waals surface area contributed by atoms with E-state index in [9.17, 15) is 18.0 Å². The van der Waals surface area contributed by atoms with Crippen LogP contribution in [0.3, 0.4) is 0 Å². The van der Waals surface area contributed by atoms with Crippen LogP contribution in [-0.4, -0.2) is 15.9 Å². The summed E-state index contributed by atoms with van der Waals surface area (Å²) in [7, 11) is 0. The predicted octanol–water partition coefficient (Wildman–Crippen LogP) is 3.30. The summed E-state index contributed by atoms with van der Waals surface area (Å²) in [5.41, 5.74) is 0.542. The molecular formula is C15H8F3N3O. The second kappa shape index (κ2) is 5.44. The van der Waals surface area contributed by atoms with Gasteiger partial charge in [0.2, 0.25) is 0 Å². The quantitative estimate of drug-likeness (QED) is 0.739. The topological polar surface area (TPSA) is 54.9 Å². The second-order valence-corrected chi connectivity index (χ2v) is 4.42. The highest BCUT2D eigenvalue weighted by molar-refractivity contribution is 6.03. The van der Waals surface area contributed by atoms with E-state index in [0.717, 1.165) is 12.1 Å². The molecule has 7 heteroatoms. The minimum Gasteiger partial charge on any atom is -0.318 e. The first-order valence-corrected chi connectivity index (χ1v) is 6.23. The molecule has 0 aliphatic heterocycles. The van der Waals surface area contributed by atoms with Crippen LogP contribution in [0.5, 0.6) is 0 Å². The number of benzene rings is 2. The zero-order chi connectivity index (χ0) is 15.7. The number of aromatic nitrogens is 2. The minimum absolute atomic E-state index is 0.0668. The Morgan fingerprint density at radius 1 is 0.955 bits per heavy atom. The molecule has 1 aromatic heterocycles. The zero-order valence-corrected chi connectivity index (χ0v) is 11.0. The number of amides is 1. The van der Waals surface area contributed by atoms with Crippen LogP contribution < -0.4 is 5.32 Å². The molecule has 0 aliphatic carbocycles. The molecule has 0 saturated carbocycles. The lowest BCUT2D eigenvalue weighted by molar-refractivity contribution is 0.102. The lowest BCUT2D eigenvalue weighted by Crippen LogP contribution is -2.15. The lowest BCUT2D eigenvalue weighted by atomic mass is 10.2. The Bertz CT molecular complexity index is 883. The molecule has 22 heavy (non-hydrogen) atoms. The predicted molar refractivity (Wildman–Crippen MR) is 73.8 cm³/mol. The Morgan fingerprint density at radius 3 is 2.45 bits per heavy atom. The number of para-hydroxylation sites is 2. The van der Waals surface area contributed by atoms with E-state index in [4.69, 9.17) is 0 Å². The van der Waals surface area contributed by atoms with Gasteiger partial charge < -0.3 is 5.32 Å². The van der Waals surface area contributed by atoms with E-state index < -0.39 is 29.0 Å². The first kappa shape index (κ1) is 14.0. The van der Waals surface area contributed by atoms with Gasteiger partial charge in [0.25, 0.3) is 5.91 Å². The van der Waals surface area contributed by atoms with Crippen molar-refractivity contribution in [3.05, 3.63) is 65.7 Å². The van der Waals surface area contributed by atoms with Crippen LogP contribution in [0, 0.1) is 17.5 Å². The van der Waals surface area contributed by atoms with Crippen LogP contribution in [0.15, 0.2) is 42.6 Å². The Hall–Kier alpha value is -2.96. The van der Waals surface area contributed by atoms with Crippen LogP contribution in [0.1, 0.15) is 10.5 Å². The van der Waals surface area contributed by atoms with Gasteiger partial charge in [-0.2, -0.15) is 0 Å². The van der Waals surface area contributed by atoms with Crippen molar-refractivity contribution >= 4 is 22.6 Å². The van der Waals surface area contributed by atoms with E-state index in [1.54, 1.807) is 24.3 Å². The van der Waals surface area contributed by atoms with E-state index in [-0.39, 0.29) is 5.69 Å². The maximum atomic E-state index is 13.5. The Balaban J connectivity index is 1.92. The van der Waals surface area contributed by atoms with Gasteiger partial charge in [-0.25, -0.2) is 18.2 Å². The molecule has 0 radical (unpaired) electrons. The van der Waals surface area contributed by atoms with Gasteiger partial charge in [0, 0.05) is 0 Å². The van der Waals surface area contributed by atoms with Crippen LogP contribution in [0.4, 0.5) is 18.9 Å². The fraction of sp³-hybridized carbons (Fsp3) is 0. The van der Waals surface area contributed by atoms with Gasteiger partial charge in [-0.05, 0) is 24.3 Å². The van der Waals surface area contributed by atoms with Crippen LogP contribution in [0.2, 0.25) is 0 Å². The van der Waals surface area contributed by atoms with E-state index in [1.807, 2.05) is 0 Å². The third kappa shape index (κ3) is 2.48. The molecule has 0 atom stereocenters. The summed E-state index contributed by atoms with van der Waals surface area (Å²) in [6.07, 6.45) is 1.22. The van der Waals surface area contributed by atoms with Crippen molar-refractivity contribution in [3.63, 3.8) is 0 Å². The molecule has 3 rings (SSSR count). The summed E-state index contributed by atoms with van der Waals surface area (Å²) < 4.78 is 39.5. The molecule has 0 spiro atoms. The van der Waals surface area contributed by atoms with Crippen molar-refractivity contribution in [3.8, 4) is 0 Å². The summed E-state index contributed by atoms with van der Waals surface area (Å²) in [6.45, 7) is 0. The first-order valence-electron chi connectivity index (χ1n) is 6.23. The number of hydrogen-bond donors (Lipinski definition) is 1. The van der Waals surface area contributed by atoms with Crippen LogP contribution in [-0.2, 0) is 0 Å². The number of rotatable bonds is 2. The standard InChI is InChI=1S/C15H8F3N3O/c16-8-5-6-11(14(18)13(8)17)21-15(22)12-7-19-9-3-1-2-4-10(9)20-12/h1-7H,(H,21,22). The third-order valence-electron chi connectivity index (χ3n) is 2.96. The maximum Gasteiger partial charge on any atom is 0.275 e. The Kier molecular flexibility index (Phi) is 3.46. The molecule has 1 amide bonds. The molecule has 0 fully saturated rings.